The number of nitrogens with two attached hydrogens (primary N) is 1. The molecular weight excluding hydrogens is 172 g/mol. The van der Waals surface area contributed by atoms with Gasteiger partial charge in [-0.2, -0.15) is 0 Å². The Balaban J connectivity index is 2.08. The number of thiazole rings is 1. The number of nitrogens with zero attached hydrogens (tertiary/aromatic N) is 1. The van der Waals surface area contributed by atoms with Crippen LogP contribution in [0.5, 0.6) is 0 Å². The Kier molecular flexibility index (Phi) is 2.28. The van der Waals surface area contributed by atoms with Crippen LogP contribution in [0.1, 0.15) is 31.1 Å². The molecule has 1 fully saturated rings. The molecule has 3 nitrogen and oxygen atoms in total. The lowest BCUT2D eigenvalue weighted by molar-refractivity contribution is 0.0127. The first kappa shape index (κ1) is 8.01. The molecule has 4 heteroatoms. The average molecular weight is 184 g/mol. The predicted molar refractivity (Wildman–Crippen MR) is 49.1 cm³/mol. The molecule has 2 N–H and O–H groups in total. The van der Waals surface area contributed by atoms with Crippen LogP contribution in [-0.4, -0.2) is 11.6 Å². The molecule has 0 radical (unpaired) electrons. The molecule has 0 aromatic carbocycles. The van der Waals surface area contributed by atoms with Gasteiger partial charge in [0.2, 0.25) is 0 Å². The molecule has 1 aromatic heterocycles. The minimum absolute atomic E-state index is 0.201. The third kappa shape index (κ3) is 1.59. The predicted octanol–water partition coefficient (Wildman–Crippen LogP) is 1.97. The lowest BCUT2D eigenvalue weighted by Gasteiger charge is -2.20. The Morgan fingerprint density at radius 1 is 1.58 bits per heavy atom. The maximum Gasteiger partial charge on any atom is 0.180 e. The monoisotopic (exact) mass is 184 g/mol. The lowest BCUT2D eigenvalue weighted by atomic mass is 10.1. The highest BCUT2D eigenvalue weighted by atomic mass is 32.1. The summed E-state index contributed by atoms with van der Waals surface area (Å²) in [5.41, 5.74) is 6.55. The summed E-state index contributed by atoms with van der Waals surface area (Å²) in [6, 6.07) is 0. The highest BCUT2D eigenvalue weighted by Gasteiger charge is 2.17. The van der Waals surface area contributed by atoms with E-state index in [2.05, 4.69) is 4.98 Å². The number of nitrogen functional groups attached to an aromatic ring is 1. The van der Waals surface area contributed by atoms with E-state index in [-0.39, 0.29) is 6.10 Å². The molecule has 12 heavy (non-hydrogen) atoms. The van der Waals surface area contributed by atoms with Crippen molar-refractivity contribution >= 4 is 16.5 Å². The number of anilines is 1. The van der Waals surface area contributed by atoms with Crippen LogP contribution in [0.2, 0.25) is 0 Å². The molecule has 0 spiro atoms. The van der Waals surface area contributed by atoms with E-state index < -0.39 is 0 Å². The number of rotatable bonds is 1. The molecule has 0 saturated carbocycles. The maximum absolute atomic E-state index is 5.57. The highest BCUT2D eigenvalue weighted by molar-refractivity contribution is 7.13. The van der Waals surface area contributed by atoms with E-state index in [1.165, 1.54) is 24.2 Å². The van der Waals surface area contributed by atoms with Gasteiger partial charge in [0.1, 0.15) is 6.10 Å². The summed E-state index contributed by atoms with van der Waals surface area (Å²) in [5.74, 6) is 0. The molecule has 66 valence electrons. The Morgan fingerprint density at radius 2 is 2.50 bits per heavy atom. The van der Waals surface area contributed by atoms with Crippen LogP contribution in [0.4, 0.5) is 5.13 Å². The van der Waals surface area contributed by atoms with Crippen molar-refractivity contribution in [3.05, 3.63) is 11.1 Å². The summed E-state index contributed by atoms with van der Waals surface area (Å²) < 4.78 is 5.57. The quantitative estimate of drug-likeness (QED) is 0.725. The third-order valence-electron chi connectivity index (χ3n) is 2.05. The molecule has 2 heterocycles. The van der Waals surface area contributed by atoms with Crippen molar-refractivity contribution in [3.63, 3.8) is 0 Å². The molecule has 1 aromatic rings. The summed E-state index contributed by atoms with van der Waals surface area (Å²) in [7, 11) is 0. The minimum Gasteiger partial charge on any atom is -0.375 e. The van der Waals surface area contributed by atoms with Crippen LogP contribution in [0, 0.1) is 0 Å². The first-order valence-corrected chi connectivity index (χ1v) is 5.07. The normalized spacial score (nSPS) is 24.2. The van der Waals surface area contributed by atoms with Crippen molar-refractivity contribution in [2.45, 2.75) is 25.4 Å². The van der Waals surface area contributed by atoms with E-state index in [1.807, 2.05) is 5.38 Å². The third-order valence-corrected chi connectivity index (χ3v) is 2.74. The van der Waals surface area contributed by atoms with Crippen molar-refractivity contribution in [1.82, 2.24) is 4.98 Å². The van der Waals surface area contributed by atoms with Crippen LogP contribution >= 0.6 is 11.3 Å². The van der Waals surface area contributed by atoms with Crippen LogP contribution in [-0.2, 0) is 4.74 Å². The Morgan fingerprint density at radius 3 is 3.08 bits per heavy atom. The summed E-state index contributed by atoms with van der Waals surface area (Å²) >= 11 is 1.48. The second-order valence-electron chi connectivity index (χ2n) is 2.97. The zero-order valence-corrected chi connectivity index (χ0v) is 7.64. The zero-order valence-electron chi connectivity index (χ0n) is 6.82. The molecule has 1 saturated heterocycles. The molecule has 1 unspecified atom stereocenters. The van der Waals surface area contributed by atoms with Gasteiger partial charge in [-0.25, -0.2) is 4.98 Å². The van der Waals surface area contributed by atoms with Crippen molar-refractivity contribution in [2.75, 3.05) is 12.3 Å². The van der Waals surface area contributed by atoms with E-state index >= 15 is 0 Å². The van der Waals surface area contributed by atoms with Crippen LogP contribution in [0.25, 0.3) is 0 Å². The Labute approximate surface area is 75.6 Å². The number of hydrogen-bond acceptors (Lipinski definition) is 4. The largest absolute Gasteiger partial charge is 0.375 e. The van der Waals surface area contributed by atoms with Gasteiger partial charge >= 0.3 is 0 Å². The second-order valence-corrected chi connectivity index (χ2v) is 3.86. The van der Waals surface area contributed by atoms with Gasteiger partial charge in [0.25, 0.3) is 0 Å². The second kappa shape index (κ2) is 3.41. The smallest absolute Gasteiger partial charge is 0.180 e. The van der Waals surface area contributed by atoms with Gasteiger partial charge in [-0.1, -0.05) is 0 Å². The summed E-state index contributed by atoms with van der Waals surface area (Å²) in [6.45, 7) is 0.863. The molecular formula is C8H12N2OS. The van der Waals surface area contributed by atoms with Crippen LogP contribution in [0.15, 0.2) is 5.38 Å². The van der Waals surface area contributed by atoms with E-state index in [9.17, 15) is 0 Å². The fourth-order valence-corrected chi connectivity index (χ4v) is 2.03. The lowest BCUT2D eigenvalue weighted by Crippen LogP contribution is -2.11. The fraction of sp³-hybridized carbons (Fsp3) is 0.625. The van der Waals surface area contributed by atoms with E-state index in [4.69, 9.17) is 10.5 Å². The molecule has 0 bridgehead atoms. The summed E-state index contributed by atoms with van der Waals surface area (Å²) in [4.78, 5) is 4.21. The topological polar surface area (TPSA) is 48.1 Å². The SMILES string of the molecule is Nc1nc(C2CCCCO2)cs1. The van der Waals surface area contributed by atoms with Gasteiger partial charge in [0.05, 0.1) is 5.69 Å². The zero-order chi connectivity index (χ0) is 8.39. The van der Waals surface area contributed by atoms with Gasteiger partial charge in [-0.05, 0) is 19.3 Å². The highest BCUT2D eigenvalue weighted by Crippen LogP contribution is 2.28. The van der Waals surface area contributed by atoms with Crippen molar-refractivity contribution < 1.29 is 4.74 Å². The average Bonchev–Trinajstić information content (AvgIpc) is 2.54. The molecule has 0 aliphatic carbocycles. The van der Waals surface area contributed by atoms with Gasteiger partial charge < -0.3 is 10.5 Å². The standard InChI is InChI=1S/C8H12N2OS/c9-8-10-6(5-12-8)7-3-1-2-4-11-7/h5,7H,1-4H2,(H2,9,10). The molecule has 1 atom stereocenters. The van der Waals surface area contributed by atoms with Gasteiger partial charge in [-0.15, -0.1) is 11.3 Å². The van der Waals surface area contributed by atoms with Gasteiger partial charge in [0.15, 0.2) is 5.13 Å². The fourth-order valence-electron chi connectivity index (χ4n) is 1.42. The number of aromatic nitrogens is 1. The van der Waals surface area contributed by atoms with Gasteiger partial charge in [-0.3, -0.25) is 0 Å². The van der Waals surface area contributed by atoms with Gasteiger partial charge in [0, 0.05) is 12.0 Å². The maximum atomic E-state index is 5.57. The van der Waals surface area contributed by atoms with Crippen LogP contribution < -0.4 is 5.73 Å². The number of hydrogen-bond donors (Lipinski definition) is 1. The van der Waals surface area contributed by atoms with Crippen molar-refractivity contribution in [2.24, 2.45) is 0 Å². The van der Waals surface area contributed by atoms with Crippen molar-refractivity contribution in [1.29, 1.82) is 0 Å². The first-order valence-electron chi connectivity index (χ1n) is 4.19. The Bertz CT molecular complexity index is 255. The summed E-state index contributed by atoms with van der Waals surface area (Å²) in [5, 5.41) is 2.63. The number of ether oxygens (including phenoxy) is 1. The molecule has 0 amide bonds. The van der Waals surface area contributed by atoms with Crippen LogP contribution in [0.3, 0.4) is 0 Å². The Hall–Kier alpha value is -0.610. The van der Waals surface area contributed by atoms with E-state index in [1.54, 1.807) is 0 Å². The molecule has 1 aliphatic rings. The molecule has 1 aliphatic heterocycles. The molecule has 2 rings (SSSR count). The minimum atomic E-state index is 0.201. The van der Waals surface area contributed by atoms with E-state index in [0.717, 1.165) is 18.7 Å². The summed E-state index contributed by atoms with van der Waals surface area (Å²) in [6.07, 6.45) is 3.70. The van der Waals surface area contributed by atoms with Crippen molar-refractivity contribution in [3.8, 4) is 0 Å². The van der Waals surface area contributed by atoms with E-state index in [0.29, 0.717) is 5.13 Å². The first-order chi connectivity index (χ1) is 5.86.